The molecule has 2 N–H and O–H groups in total. The van der Waals surface area contributed by atoms with Crippen LogP contribution in [0.15, 0.2) is 54.0 Å². The lowest BCUT2D eigenvalue weighted by molar-refractivity contribution is -0.122. The molecule has 1 atom stereocenters. The third-order valence-electron chi connectivity index (χ3n) is 5.51. The van der Waals surface area contributed by atoms with Gasteiger partial charge in [-0.1, -0.05) is 24.3 Å². The van der Waals surface area contributed by atoms with Gasteiger partial charge in [-0.3, -0.25) is 9.59 Å². The fraction of sp³-hybridized carbons (Fsp3) is 0.364. The molecule has 0 aliphatic carbocycles. The average molecular weight is 396 g/mol. The summed E-state index contributed by atoms with van der Waals surface area (Å²) in [6.45, 7) is 1.35. The number of carbonyl (C=O) groups excluding carboxylic acids is 2. The lowest BCUT2D eigenvalue weighted by Crippen LogP contribution is -2.44. The zero-order valence-electron chi connectivity index (χ0n) is 15.8. The lowest BCUT2D eigenvalue weighted by atomic mass is 9.87. The largest absolute Gasteiger partial charge is 0.354 e. The van der Waals surface area contributed by atoms with E-state index in [0.717, 1.165) is 19.4 Å². The SMILES string of the molecule is O=C(CCC1(Cc2cccs2)CCC(=O)N1)NCCn1ccc2ccccc21. The van der Waals surface area contributed by atoms with Gasteiger partial charge >= 0.3 is 0 Å². The number of rotatable bonds is 8. The second-order valence-corrected chi connectivity index (χ2v) is 8.53. The number of amides is 2. The number of aromatic nitrogens is 1. The van der Waals surface area contributed by atoms with Gasteiger partial charge in [-0.2, -0.15) is 0 Å². The van der Waals surface area contributed by atoms with Gasteiger partial charge < -0.3 is 15.2 Å². The zero-order chi connectivity index (χ0) is 19.4. The molecule has 5 nitrogen and oxygen atoms in total. The van der Waals surface area contributed by atoms with Crippen molar-refractivity contribution in [1.82, 2.24) is 15.2 Å². The summed E-state index contributed by atoms with van der Waals surface area (Å²) in [6.07, 6.45) is 5.31. The summed E-state index contributed by atoms with van der Waals surface area (Å²) in [7, 11) is 0. The van der Waals surface area contributed by atoms with Gasteiger partial charge in [0.05, 0.1) is 0 Å². The Kier molecular flexibility index (Phi) is 5.48. The molecule has 1 unspecified atom stereocenters. The molecule has 6 heteroatoms. The molecule has 1 aromatic carbocycles. The topological polar surface area (TPSA) is 63.1 Å². The van der Waals surface area contributed by atoms with Gasteiger partial charge in [-0.25, -0.2) is 0 Å². The third-order valence-corrected chi connectivity index (χ3v) is 6.39. The molecule has 146 valence electrons. The maximum absolute atomic E-state index is 12.4. The highest BCUT2D eigenvalue weighted by molar-refractivity contribution is 7.09. The first kappa shape index (κ1) is 18.7. The summed E-state index contributed by atoms with van der Waals surface area (Å²) in [6, 6.07) is 14.5. The van der Waals surface area contributed by atoms with Gasteiger partial charge in [0, 0.05) is 54.5 Å². The maximum Gasteiger partial charge on any atom is 0.220 e. The highest BCUT2D eigenvalue weighted by atomic mass is 32.1. The average Bonchev–Trinajstić information content (AvgIpc) is 3.42. The molecule has 0 bridgehead atoms. The van der Waals surface area contributed by atoms with Crippen LogP contribution in [0.25, 0.3) is 10.9 Å². The number of hydrogen-bond donors (Lipinski definition) is 2. The van der Waals surface area contributed by atoms with Gasteiger partial charge in [0.1, 0.15) is 0 Å². The molecule has 4 rings (SSSR count). The van der Waals surface area contributed by atoms with E-state index in [1.165, 1.54) is 15.8 Å². The smallest absolute Gasteiger partial charge is 0.220 e. The van der Waals surface area contributed by atoms with Crippen molar-refractivity contribution >= 4 is 34.1 Å². The van der Waals surface area contributed by atoms with E-state index in [4.69, 9.17) is 0 Å². The Labute approximate surface area is 168 Å². The summed E-state index contributed by atoms with van der Waals surface area (Å²) >= 11 is 1.70. The Bertz CT molecular complexity index is 963. The van der Waals surface area contributed by atoms with Crippen molar-refractivity contribution in [3.8, 4) is 0 Å². The Morgan fingerprint density at radius 2 is 2.11 bits per heavy atom. The Hall–Kier alpha value is -2.60. The minimum absolute atomic E-state index is 0.0446. The molecule has 1 aliphatic heterocycles. The summed E-state index contributed by atoms with van der Waals surface area (Å²) in [5.74, 6) is 0.139. The number of benzene rings is 1. The van der Waals surface area contributed by atoms with Crippen LogP contribution in [-0.4, -0.2) is 28.5 Å². The van der Waals surface area contributed by atoms with E-state index in [1.54, 1.807) is 11.3 Å². The lowest BCUT2D eigenvalue weighted by Gasteiger charge is -2.28. The van der Waals surface area contributed by atoms with Crippen molar-refractivity contribution in [2.24, 2.45) is 0 Å². The normalized spacial score (nSPS) is 19.1. The monoisotopic (exact) mass is 395 g/mol. The van der Waals surface area contributed by atoms with Crippen molar-refractivity contribution in [3.05, 3.63) is 58.9 Å². The van der Waals surface area contributed by atoms with E-state index in [0.29, 0.717) is 25.8 Å². The number of hydrogen-bond acceptors (Lipinski definition) is 3. The molecule has 3 aromatic rings. The molecule has 2 amide bonds. The van der Waals surface area contributed by atoms with Crippen molar-refractivity contribution in [2.75, 3.05) is 6.54 Å². The van der Waals surface area contributed by atoms with Crippen molar-refractivity contribution in [2.45, 2.75) is 44.2 Å². The second kappa shape index (κ2) is 8.19. The van der Waals surface area contributed by atoms with E-state index in [9.17, 15) is 9.59 Å². The van der Waals surface area contributed by atoms with Crippen molar-refractivity contribution in [3.63, 3.8) is 0 Å². The number of nitrogens with zero attached hydrogens (tertiary/aromatic N) is 1. The van der Waals surface area contributed by atoms with Crippen LogP contribution in [0.4, 0.5) is 0 Å². The van der Waals surface area contributed by atoms with Crippen molar-refractivity contribution < 1.29 is 9.59 Å². The Morgan fingerprint density at radius 3 is 2.89 bits per heavy atom. The summed E-state index contributed by atoms with van der Waals surface area (Å²) < 4.78 is 2.16. The minimum Gasteiger partial charge on any atom is -0.354 e. The highest BCUT2D eigenvalue weighted by Gasteiger charge is 2.38. The molecule has 28 heavy (non-hydrogen) atoms. The first-order valence-electron chi connectivity index (χ1n) is 9.78. The Balaban J connectivity index is 1.28. The molecule has 0 spiro atoms. The summed E-state index contributed by atoms with van der Waals surface area (Å²) in [4.78, 5) is 25.5. The molecule has 0 saturated carbocycles. The zero-order valence-corrected chi connectivity index (χ0v) is 16.6. The van der Waals surface area contributed by atoms with Crippen LogP contribution >= 0.6 is 11.3 Å². The number of para-hydroxylation sites is 1. The van der Waals surface area contributed by atoms with E-state index < -0.39 is 0 Å². The first-order valence-corrected chi connectivity index (χ1v) is 10.7. The van der Waals surface area contributed by atoms with Gasteiger partial charge in [0.2, 0.25) is 11.8 Å². The summed E-state index contributed by atoms with van der Waals surface area (Å²) in [5, 5.41) is 9.43. The third kappa shape index (κ3) is 4.28. The van der Waals surface area contributed by atoms with Gasteiger partial charge in [-0.15, -0.1) is 11.3 Å². The number of carbonyl (C=O) groups is 2. The van der Waals surface area contributed by atoms with E-state index in [-0.39, 0.29) is 17.4 Å². The van der Waals surface area contributed by atoms with Crippen LogP contribution in [0.2, 0.25) is 0 Å². The molecule has 1 fully saturated rings. The van der Waals surface area contributed by atoms with Crippen LogP contribution in [0.5, 0.6) is 0 Å². The van der Waals surface area contributed by atoms with Crippen LogP contribution in [0.1, 0.15) is 30.6 Å². The fourth-order valence-corrected chi connectivity index (χ4v) is 4.87. The molecule has 0 radical (unpaired) electrons. The highest BCUT2D eigenvalue weighted by Crippen LogP contribution is 2.30. The summed E-state index contributed by atoms with van der Waals surface area (Å²) in [5.41, 5.74) is 0.899. The number of fused-ring (bicyclic) bond motifs is 1. The van der Waals surface area contributed by atoms with Crippen LogP contribution in [-0.2, 0) is 22.6 Å². The van der Waals surface area contributed by atoms with Gasteiger partial charge in [0.25, 0.3) is 0 Å². The van der Waals surface area contributed by atoms with E-state index in [1.807, 2.05) is 18.2 Å². The van der Waals surface area contributed by atoms with Crippen molar-refractivity contribution in [1.29, 1.82) is 0 Å². The number of nitrogens with one attached hydrogen (secondary N) is 2. The van der Waals surface area contributed by atoms with E-state index in [2.05, 4.69) is 51.0 Å². The Morgan fingerprint density at radius 1 is 1.21 bits per heavy atom. The van der Waals surface area contributed by atoms with Crippen LogP contribution in [0.3, 0.4) is 0 Å². The second-order valence-electron chi connectivity index (χ2n) is 7.50. The molecular formula is C22H25N3O2S. The first-order chi connectivity index (χ1) is 13.6. The molecule has 1 saturated heterocycles. The van der Waals surface area contributed by atoms with Gasteiger partial charge in [0.15, 0.2) is 0 Å². The minimum atomic E-state index is -0.282. The van der Waals surface area contributed by atoms with Gasteiger partial charge in [-0.05, 0) is 41.8 Å². The predicted molar refractivity (Wildman–Crippen MR) is 112 cm³/mol. The molecule has 1 aliphatic rings. The molecule has 2 aromatic heterocycles. The van der Waals surface area contributed by atoms with E-state index >= 15 is 0 Å². The fourth-order valence-electron chi connectivity index (χ4n) is 4.02. The standard InChI is InChI=1S/C22H25N3O2S/c26-20(23-12-14-25-13-9-17-4-1-2-6-19(17)25)7-10-22(11-8-21(27)24-22)16-18-5-3-15-28-18/h1-6,9,13,15H,7-8,10-12,14,16H2,(H,23,26)(H,24,27). The van der Waals surface area contributed by atoms with Crippen LogP contribution < -0.4 is 10.6 Å². The predicted octanol–water partition coefficient (Wildman–Crippen LogP) is 3.49. The molecule has 3 heterocycles. The number of thiophene rings is 1. The molecular weight excluding hydrogens is 370 g/mol. The maximum atomic E-state index is 12.4. The quantitative estimate of drug-likeness (QED) is 0.613. The van der Waals surface area contributed by atoms with Crippen LogP contribution in [0, 0.1) is 0 Å².